The topological polar surface area (TPSA) is 92.0 Å². The maximum absolute atomic E-state index is 10.4. The summed E-state index contributed by atoms with van der Waals surface area (Å²) >= 11 is 0. The Kier molecular flexibility index (Phi) is 5.46. The molecule has 1 unspecified atom stereocenters. The fraction of sp³-hybridized carbons (Fsp3) is 0.167. The summed E-state index contributed by atoms with van der Waals surface area (Å²) in [5.74, 6) is -0.959. The Morgan fingerprint density at radius 3 is 2.53 bits per heavy atom. The van der Waals surface area contributed by atoms with E-state index in [2.05, 4.69) is 9.97 Å². The molecule has 4 N–H and O–H groups in total. The highest BCUT2D eigenvalue weighted by Gasteiger charge is 2.10. The second kappa shape index (κ2) is 7.19. The smallest absolute Gasteiger partial charge is 0.320 e. The largest absolute Gasteiger partial charge is 0.480 e. The van der Waals surface area contributed by atoms with Crippen LogP contribution in [0.1, 0.15) is 5.56 Å². The molecule has 17 heavy (non-hydrogen) atoms. The SMILES string of the molecule is NC(Cc1ccccc1)C(=O)O.c1c[nH]cn1. The summed E-state index contributed by atoms with van der Waals surface area (Å²) in [6, 6.07) is 8.54. The molecule has 0 amide bonds. The lowest BCUT2D eigenvalue weighted by Gasteiger charge is -2.04. The summed E-state index contributed by atoms with van der Waals surface area (Å²) in [6.45, 7) is 0. The van der Waals surface area contributed by atoms with Crippen molar-refractivity contribution in [3.8, 4) is 0 Å². The summed E-state index contributed by atoms with van der Waals surface area (Å²) in [6.07, 6.45) is 5.47. The van der Waals surface area contributed by atoms with Crippen molar-refractivity contribution in [1.82, 2.24) is 9.97 Å². The molecule has 0 radical (unpaired) electrons. The highest BCUT2D eigenvalue weighted by molar-refractivity contribution is 5.73. The number of hydrogen-bond acceptors (Lipinski definition) is 3. The van der Waals surface area contributed by atoms with Gasteiger partial charge in [-0.2, -0.15) is 0 Å². The van der Waals surface area contributed by atoms with E-state index in [9.17, 15) is 4.79 Å². The molecule has 5 nitrogen and oxygen atoms in total. The minimum atomic E-state index is -0.959. The number of rotatable bonds is 3. The average molecular weight is 233 g/mol. The van der Waals surface area contributed by atoms with Gasteiger partial charge in [-0.3, -0.25) is 4.79 Å². The Morgan fingerprint density at radius 1 is 1.41 bits per heavy atom. The predicted octanol–water partition coefficient (Wildman–Crippen LogP) is 1.05. The number of aromatic amines is 1. The molecule has 0 aliphatic rings. The molecule has 0 aliphatic carbocycles. The third-order valence-electron chi connectivity index (χ3n) is 2.02. The Hall–Kier alpha value is -2.14. The number of benzene rings is 1. The van der Waals surface area contributed by atoms with E-state index in [1.807, 2.05) is 30.3 Å². The van der Waals surface area contributed by atoms with Crippen LogP contribution in [0.25, 0.3) is 0 Å². The van der Waals surface area contributed by atoms with E-state index >= 15 is 0 Å². The van der Waals surface area contributed by atoms with Crippen molar-refractivity contribution in [2.24, 2.45) is 5.73 Å². The summed E-state index contributed by atoms with van der Waals surface area (Å²) in [5.41, 5.74) is 6.30. The lowest BCUT2D eigenvalue weighted by molar-refractivity contribution is -0.138. The minimum absolute atomic E-state index is 0.385. The van der Waals surface area contributed by atoms with Crippen molar-refractivity contribution in [2.45, 2.75) is 12.5 Å². The van der Waals surface area contributed by atoms with Gasteiger partial charge in [0, 0.05) is 12.4 Å². The molecule has 2 rings (SSSR count). The highest BCUT2D eigenvalue weighted by Crippen LogP contribution is 2.01. The molecule has 1 heterocycles. The first-order valence-electron chi connectivity index (χ1n) is 5.15. The van der Waals surface area contributed by atoms with Crippen LogP contribution in [0.4, 0.5) is 0 Å². The molecule has 90 valence electrons. The van der Waals surface area contributed by atoms with Crippen LogP contribution in [-0.4, -0.2) is 27.1 Å². The third-order valence-corrected chi connectivity index (χ3v) is 2.02. The Labute approximate surface area is 99.3 Å². The summed E-state index contributed by atoms with van der Waals surface area (Å²) < 4.78 is 0. The second-order valence-electron chi connectivity index (χ2n) is 3.40. The molecule has 0 aliphatic heterocycles. The van der Waals surface area contributed by atoms with E-state index in [0.717, 1.165) is 5.56 Å². The van der Waals surface area contributed by atoms with Crippen molar-refractivity contribution in [3.63, 3.8) is 0 Å². The first-order chi connectivity index (χ1) is 8.20. The molecule has 0 saturated heterocycles. The zero-order valence-corrected chi connectivity index (χ0v) is 9.28. The molecule has 0 fully saturated rings. The van der Waals surface area contributed by atoms with Gasteiger partial charge < -0.3 is 15.8 Å². The molecule has 1 aromatic carbocycles. The fourth-order valence-corrected chi connectivity index (χ4v) is 1.17. The maximum atomic E-state index is 10.4. The summed E-state index contributed by atoms with van der Waals surface area (Å²) in [4.78, 5) is 16.8. The minimum Gasteiger partial charge on any atom is -0.480 e. The number of hydrogen-bond donors (Lipinski definition) is 3. The highest BCUT2D eigenvalue weighted by atomic mass is 16.4. The van der Waals surface area contributed by atoms with Crippen LogP contribution in [0.15, 0.2) is 49.1 Å². The van der Waals surface area contributed by atoms with E-state index in [1.54, 1.807) is 18.7 Å². The Morgan fingerprint density at radius 2 is 2.12 bits per heavy atom. The number of nitrogens with one attached hydrogen (secondary N) is 1. The van der Waals surface area contributed by atoms with Gasteiger partial charge in [0.2, 0.25) is 0 Å². The van der Waals surface area contributed by atoms with E-state index in [4.69, 9.17) is 10.8 Å². The fourth-order valence-electron chi connectivity index (χ4n) is 1.17. The number of aromatic nitrogens is 2. The van der Waals surface area contributed by atoms with Gasteiger partial charge in [0.25, 0.3) is 0 Å². The lowest BCUT2D eigenvalue weighted by atomic mass is 10.1. The number of carboxylic acid groups (broad SMARTS) is 1. The zero-order chi connectivity index (χ0) is 12.5. The van der Waals surface area contributed by atoms with Crippen LogP contribution < -0.4 is 5.73 Å². The zero-order valence-electron chi connectivity index (χ0n) is 9.28. The molecular formula is C12H15N3O2. The van der Waals surface area contributed by atoms with Gasteiger partial charge in [0.15, 0.2) is 0 Å². The van der Waals surface area contributed by atoms with Crippen LogP contribution in [-0.2, 0) is 11.2 Å². The monoisotopic (exact) mass is 233 g/mol. The van der Waals surface area contributed by atoms with E-state index < -0.39 is 12.0 Å². The quantitative estimate of drug-likeness (QED) is 0.738. The van der Waals surface area contributed by atoms with E-state index in [1.165, 1.54) is 0 Å². The molecule has 5 heteroatoms. The number of carbonyl (C=O) groups is 1. The standard InChI is InChI=1S/C9H11NO2.C3H4N2/c10-8(9(11)12)6-7-4-2-1-3-5-7;1-2-5-3-4-1/h1-5,8H,6,10H2,(H,11,12);1-3H,(H,4,5). The maximum Gasteiger partial charge on any atom is 0.320 e. The van der Waals surface area contributed by atoms with Gasteiger partial charge >= 0.3 is 5.97 Å². The van der Waals surface area contributed by atoms with Crippen LogP contribution in [0.5, 0.6) is 0 Å². The van der Waals surface area contributed by atoms with Crippen LogP contribution in [0.2, 0.25) is 0 Å². The Balaban J connectivity index is 0.000000239. The van der Waals surface area contributed by atoms with E-state index in [-0.39, 0.29) is 0 Å². The van der Waals surface area contributed by atoms with Crippen molar-refractivity contribution >= 4 is 5.97 Å². The van der Waals surface area contributed by atoms with Crippen molar-refractivity contribution in [2.75, 3.05) is 0 Å². The molecular weight excluding hydrogens is 218 g/mol. The number of carboxylic acids is 1. The second-order valence-corrected chi connectivity index (χ2v) is 3.40. The van der Waals surface area contributed by atoms with Crippen molar-refractivity contribution in [1.29, 1.82) is 0 Å². The van der Waals surface area contributed by atoms with Crippen LogP contribution in [0, 0.1) is 0 Å². The average Bonchev–Trinajstić information content (AvgIpc) is 2.89. The number of nitrogens with two attached hydrogens (primary N) is 1. The number of nitrogens with zero attached hydrogens (tertiary/aromatic N) is 1. The van der Waals surface area contributed by atoms with Gasteiger partial charge in [-0.05, 0) is 12.0 Å². The molecule has 1 atom stereocenters. The summed E-state index contributed by atoms with van der Waals surface area (Å²) in [7, 11) is 0. The Bertz CT molecular complexity index is 397. The lowest BCUT2D eigenvalue weighted by Crippen LogP contribution is -2.32. The molecule has 0 saturated carbocycles. The number of aliphatic carboxylic acids is 1. The number of imidazole rings is 1. The normalized spacial score (nSPS) is 11.1. The molecule has 0 spiro atoms. The third kappa shape index (κ3) is 5.48. The van der Waals surface area contributed by atoms with Crippen molar-refractivity contribution < 1.29 is 9.90 Å². The van der Waals surface area contributed by atoms with E-state index in [0.29, 0.717) is 6.42 Å². The van der Waals surface area contributed by atoms with Crippen molar-refractivity contribution in [3.05, 3.63) is 54.6 Å². The first kappa shape index (κ1) is 12.9. The molecule has 2 aromatic rings. The number of H-pyrrole nitrogens is 1. The predicted molar refractivity (Wildman–Crippen MR) is 64.3 cm³/mol. The van der Waals surface area contributed by atoms with Gasteiger partial charge in [-0.15, -0.1) is 0 Å². The van der Waals surface area contributed by atoms with Gasteiger partial charge in [0.1, 0.15) is 6.04 Å². The van der Waals surface area contributed by atoms with Crippen LogP contribution in [0.3, 0.4) is 0 Å². The summed E-state index contributed by atoms with van der Waals surface area (Å²) in [5, 5.41) is 8.52. The van der Waals surface area contributed by atoms with Gasteiger partial charge in [-0.1, -0.05) is 30.3 Å². The van der Waals surface area contributed by atoms with Gasteiger partial charge in [-0.25, -0.2) is 4.98 Å². The first-order valence-corrected chi connectivity index (χ1v) is 5.15. The molecule has 1 aromatic heterocycles. The van der Waals surface area contributed by atoms with Crippen LogP contribution >= 0.6 is 0 Å². The van der Waals surface area contributed by atoms with Gasteiger partial charge in [0.05, 0.1) is 6.33 Å². The molecule has 0 bridgehead atoms.